The molecule has 38 heavy (non-hydrogen) atoms. The van der Waals surface area contributed by atoms with E-state index in [-0.39, 0.29) is 0 Å². The van der Waals surface area contributed by atoms with Gasteiger partial charge in [0, 0.05) is 17.5 Å². The molecule has 3 unspecified atom stereocenters. The van der Waals surface area contributed by atoms with Crippen molar-refractivity contribution < 1.29 is 35.1 Å². The normalized spacial score (nSPS) is 26.5. The highest BCUT2D eigenvalue weighted by molar-refractivity contribution is 5.83. The lowest BCUT2D eigenvalue weighted by Gasteiger charge is -2.60. The third-order valence-corrected chi connectivity index (χ3v) is 8.92. The van der Waals surface area contributed by atoms with Crippen molar-refractivity contribution in [1.82, 2.24) is 4.90 Å². The molecule has 0 amide bonds. The number of likely N-dealkylation sites (tertiary alicyclic amines) is 1. The molecule has 6 atom stereocenters. The van der Waals surface area contributed by atoms with Crippen molar-refractivity contribution in [1.29, 1.82) is 0 Å². The molecule has 0 spiro atoms. The number of benzene rings is 2. The van der Waals surface area contributed by atoms with Gasteiger partial charge in [-0.3, -0.25) is 4.90 Å². The number of rotatable bonds is 7. The van der Waals surface area contributed by atoms with Gasteiger partial charge in [-0.25, -0.2) is 9.59 Å². The third-order valence-electron chi connectivity index (χ3n) is 8.92. The number of aliphatic hydroxyl groups excluding tert-OH is 2. The maximum atomic E-state index is 10.2. The van der Waals surface area contributed by atoms with Gasteiger partial charge in [0.1, 0.15) is 5.75 Å². The summed E-state index contributed by atoms with van der Waals surface area (Å²) in [6.07, 6.45) is 5.66. The number of carboxylic acids is 2. The first kappa shape index (κ1) is 28.1. The number of carbonyl (C=O) groups is 2. The second-order valence-electron chi connectivity index (χ2n) is 10.9. The molecule has 0 radical (unpaired) electrons. The minimum absolute atomic E-state index is 0.316. The Balaban J connectivity index is 0.000000289. The van der Waals surface area contributed by atoms with E-state index in [1.54, 1.807) is 0 Å². The van der Waals surface area contributed by atoms with Crippen molar-refractivity contribution in [3.8, 4) is 5.75 Å². The van der Waals surface area contributed by atoms with Gasteiger partial charge < -0.3 is 25.5 Å². The highest BCUT2D eigenvalue weighted by atomic mass is 16.4. The minimum Gasteiger partial charge on any atom is -0.508 e. The number of aromatic hydroxyl groups is 1. The standard InChI is InChI=1S/C26H33NO.C4H6O6/c1-2-21(16-19-8-4-3-5-9-19)27-15-14-26-13-7-6-10-23(26)25(27)17-20-11-12-22(28)18-24(20)26;5-1(3(7)8)2(6)4(9)10/h3-5,8-9,11-12,18,21,23,25,28H,2,6-7,10,13-17H2,1H3;1-2,5-6H,(H,7,8)(H,9,10)/t21?,23-,25+,26+;/m0./s1. The Kier molecular flexibility index (Phi) is 8.75. The smallest absolute Gasteiger partial charge is 0.335 e. The van der Waals surface area contributed by atoms with E-state index in [4.69, 9.17) is 20.4 Å². The summed E-state index contributed by atoms with van der Waals surface area (Å²) in [5, 5.41) is 42.7. The number of hydrogen-bond donors (Lipinski definition) is 5. The zero-order valence-corrected chi connectivity index (χ0v) is 21.9. The Morgan fingerprint density at radius 2 is 1.68 bits per heavy atom. The molecule has 5 N–H and O–H groups in total. The molecule has 1 saturated carbocycles. The molecule has 3 aliphatic rings. The molecule has 206 valence electrons. The van der Waals surface area contributed by atoms with Crippen LogP contribution in [0.1, 0.15) is 62.1 Å². The molecule has 8 nitrogen and oxygen atoms in total. The lowest BCUT2D eigenvalue weighted by molar-refractivity contribution is -0.165. The molecule has 2 bridgehead atoms. The van der Waals surface area contributed by atoms with Crippen LogP contribution in [0.25, 0.3) is 0 Å². The van der Waals surface area contributed by atoms with Crippen LogP contribution < -0.4 is 0 Å². The van der Waals surface area contributed by atoms with Crippen LogP contribution >= 0.6 is 0 Å². The first-order valence-corrected chi connectivity index (χ1v) is 13.6. The third kappa shape index (κ3) is 5.58. The van der Waals surface area contributed by atoms with Gasteiger partial charge in [-0.2, -0.15) is 0 Å². The highest BCUT2D eigenvalue weighted by Gasteiger charge is 2.54. The summed E-state index contributed by atoms with van der Waals surface area (Å²) in [5.74, 6) is -2.33. The maximum absolute atomic E-state index is 10.2. The van der Waals surface area contributed by atoms with Gasteiger partial charge in [0.2, 0.25) is 0 Å². The summed E-state index contributed by atoms with van der Waals surface area (Å²) in [6.45, 7) is 3.58. The molecule has 2 aromatic rings. The summed E-state index contributed by atoms with van der Waals surface area (Å²) in [5.41, 5.74) is 4.77. The quantitative estimate of drug-likeness (QED) is 0.371. The number of carboxylic acid groups (broad SMARTS) is 2. The van der Waals surface area contributed by atoms with E-state index in [9.17, 15) is 14.7 Å². The predicted molar refractivity (Wildman–Crippen MR) is 142 cm³/mol. The van der Waals surface area contributed by atoms with Crippen LogP contribution in [0.15, 0.2) is 48.5 Å². The fraction of sp³-hybridized carbons (Fsp3) is 0.533. The van der Waals surface area contributed by atoms with Crippen molar-refractivity contribution >= 4 is 11.9 Å². The minimum atomic E-state index is -2.27. The Morgan fingerprint density at radius 1 is 1.00 bits per heavy atom. The Morgan fingerprint density at radius 3 is 2.32 bits per heavy atom. The van der Waals surface area contributed by atoms with Crippen molar-refractivity contribution in [3.05, 3.63) is 65.2 Å². The monoisotopic (exact) mass is 525 g/mol. The number of aliphatic carboxylic acids is 2. The lowest BCUT2D eigenvalue weighted by Crippen LogP contribution is -2.63. The van der Waals surface area contributed by atoms with Crippen molar-refractivity contribution in [2.75, 3.05) is 6.54 Å². The van der Waals surface area contributed by atoms with Crippen LogP contribution in [0.2, 0.25) is 0 Å². The number of hydrogen-bond acceptors (Lipinski definition) is 6. The second kappa shape index (κ2) is 11.8. The summed E-state index contributed by atoms with van der Waals surface area (Å²) >= 11 is 0. The van der Waals surface area contributed by atoms with E-state index < -0.39 is 24.1 Å². The number of fused-ring (bicyclic) bond motifs is 1. The van der Waals surface area contributed by atoms with Crippen molar-refractivity contribution in [2.24, 2.45) is 5.92 Å². The lowest BCUT2D eigenvalue weighted by atomic mass is 9.52. The Hall–Kier alpha value is -2.94. The fourth-order valence-corrected chi connectivity index (χ4v) is 7.13. The van der Waals surface area contributed by atoms with Gasteiger partial charge in [0.05, 0.1) is 0 Å². The first-order chi connectivity index (χ1) is 18.2. The SMILES string of the molecule is CCC(Cc1ccccc1)N1CC[C@]23CCCC[C@H]2[C@H]1Cc1ccc(O)cc13.O=C(O)C(O)C(O)C(=O)O. The molecule has 2 aromatic carbocycles. The van der Waals surface area contributed by atoms with Gasteiger partial charge in [0.15, 0.2) is 12.2 Å². The summed E-state index contributed by atoms with van der Waals surface area (Å²) in [7, 11) is 0. The molecular weight excluding hydrogens is 486 g/mol. The molecular formula is C30H39NO7. The van der Waals surface area contributed by atoms with Gasteiger partial charge >= 0.3 is 11.9 Å². The molecule has 2 fully saturated rings. The molecule has 5 rings (SSSR count). The predicted octanol–water partition coefficient (Wildman–Crippen LogP) is 3.35. The average Bonchev–Trinajstić information content (AvgIpc) is 2.92. The highest BCUT2D eigenvalue weighted by Crippen LogP contribution is 2.56. The van der Waals surface area contributed by atoms with E-state index in [0.29, 0.717) is 23.2 Å². The molecule has 2 aliphatic carbocycles. The topological polar surface area (TPSA) is 139 Å². The molecule has 8 heteroatoms. The van der Waals surface area contributed by atoms with E-state index in [1.165, 1.54) is 61.8 Å². The van der Waals surface area contributed by atoms with Crippen LogP contribution in [-0.2, 0) is 27.8 Å². The molecule has 1 aliphatic heterocycles. The van der Waals surface area contributed by atoms with E-state index in [1.807, 2.05) is 6.07 Å². The largest absolute Gasteiger partial charge is 0.508 e. The number of phenolic OH excluding ortho intramolecular Hbond substituents is 1. The molecule has 1 saturated heterocycles. The summed E-state index contributed by atoms with van der Waals surface area (Å²) in [4.78, 5) is 22.4. The van der Waals surface area contributed by atoms with Crippen molar-refractivity contribution in [2.45, 2.75) is 88.0 Å². The van der Waals surface area contributed by atoms with Gasteiger partial charge in [-0.15, -0.1) is 0 Å². The second-order valence-corrected chi connectivity index (χ2v) is 10.9. The van der Waals surface area contributed by atoms with Gasteiger partial charge in [-0.05, 0) is 79.8 Å². The zero-order chi connectivity index (χ0) is 27.4. The summed E-state index contributed by atoms with van der Waals surface area (Å²) in [6, 6.07) is 18.6. The average molecular weight is 526 g/mol. The number of piperidine rings is 1. The fourth-order valence-electron chi connectivity index (χ4n) is 7.13. The number of aliphatic hydroxyl groups is 2. The maximum Gasteiger partial charge on any atom is 0.335 e. The van der Waals surface area contributed by atoms with Crippen LogP contribution in [0, 0.1) is 5.92 Å². The van der Waals surface area contributed by atoms with E-state index in [0.717, 1.165) is 18.8 Å². The Labute approximate surface area is 223 Å². The Bertz CT molecular complexity index is 1100. The van der Waals surface area contributed by atoms with Gasteiger partial charge in [-0.1, -0.05) is 56.2 Å². The summed E-state index contributed by atoms with van der Waals surface area (Å²) < 4.78 is 0. The number of nitrogens with zero attached hydrogens (tertiary/aromatic N) is 1. The van der Waals surface area contributed by atoms with Crippen LogP contribution in [0.4, 0.5) is 0 Å². The van der Waals surface area contributed by atoms with E-state index in [2.05, 4.69) is 54.3 Å². The number of phenols is 1. The first-order valence-electron chi connectivity index (χ1n) is 13.6. The van der Waals surface area contributed by atoms with Crippen LogP contribution in [0.5, 0.6) is 5.75 Å². The van der Waals surface area contributed by atoms with Crippen LogP contribution in [0.3, 0.4) is 0 Å². The van der Waals surface area contributed by atoms with Gasteiger partial charge in [0.25, 0.3) is 0 Å². The van der Waals surface area contributed by atoms with E-state index >= 15 is 0 Å². The molecule has 0 aromatic heterocycles. The zero-order valence-electron chi connectivity index (χ0n) is 21.9. The molecule has 1 heterocycles. The van der Waals surface area contributed by atoms with Crippen molar-refractivity contribution in [3.63, 3.8) is 0 Å². The van der Waals surface area contributed by atoms with Crippen LogP contribution in [-0.4, -0.2) is 73.2 Å².